The lowest BCUT2D eigenvalue weighted by Gasteiger charge is -2.16. The summed E-state index contributed by atoms with van der Waals surface area (Å²) in [6.07, 6.45) is -0.157. The van der Waals surface area contributed by atoms with Crippen LogP contribution in [0, 0.1) is 0 Å². The van der Waals surface area contributed by atoms with E-state index in [2.05, 4.69) is 10.6 Å². The van der Waals surface area contributed by atoms with E-state index >= 15 is 0 Å². The number of amides is 2. The minimum atomic E-state index is -1.17. The Morgan fingerprint density at radius 1 is 1.41 bits per heavy atom. The van der Waals surface area contributed by atoms with Crippen molar-refractivity contribution in [2.24, 2.45) is 0 Å². The van der Waals surface area contributed by atoms with E-state index in [4.69, 9.17) is 14.9 Å². The van der Waals surface area contributed by atoms with Crippen LogP contribution in [0.2, 0.25) is 0 Å². The van der Waals surface area contributed by atoms with Crippen molar-refractivity contribution >= 4 is 12.0 Å². The molecule has 0 fully saturated rings. The van der Waals surface area contributed by atoms with Crippen LogP contribution < -0.4 is 10.6 Å². The molecular weight excluding hydrogens is 228 g/mol. The molecule has 0 saturated heterocycles. The van der Waals surface area contributed by atoms with E-state index in [1.54, 1.807) is 6.92 Å². The van der Waals surface area contributed by atoms with Gasteiger partial charge in [-0.05, 0) is 13.8 Å². The third kappa shape index (κ3) is 7.53. The maximum absolute atomic E-state index is 11.3. The lowest BCUT2D eigenvalue weighted by molar-refractivity contribution is -0.139. The third-order valence-electron chi connectivity index (χ3n) is 2.02. The summed E-state index contributed by atoms with van der Waals surface area (Å²) in [5, 5.41) is 22.1. The Bertz CT molecular complexity index is 247. The predicted molar refractivity (Wildman–Crippen MR) is 60.7 cm³/mol. The first kappa shape index (κ1) is 15.7. The average molecular weight is 248 g/mol. The minimum Gasteiger partial charge on any atom is -0.480 e. The lowest BCUT2D eigenvalue weighted by Crippen LogP contribution is -2.47. The molecule has 0 radical (unpaired) electrons. The van der Waals surface area contributed by atoms with E-state index in [9.17, 15) is 9.59 Å². The van der Waals surface area contributed by atoms with Gasteiger partial charge in [-0.2, -0.15) is 0 Å². The van der Waals surface area contributed by atoms with Crippen LogP contribution in [0.3, 0.4) is 0 Å². The van der Waals surface area contributed by atoms with E-state index < -0.39 is 18.0 Å². The first-order valence-electron chi connectivity index (χ1n) is 5.50. The van der Waals surface area contributed by atoms with Crippen molar-refractivity contribution in [2.75, 3.05) is 19.8 Å². The quantitative estimate of drug-likeness (QED) is 0.465. The van der Waals surface area contributed by atoms with Gasteiger partial charge < -0.3 is 25.6 Å². The maximum Gasteiger partial charge on any atom is 0.326 e. The summed E-state index contributed by atoms with van der Waals surface area (Å²) in [5.74, 6) is -1.17. The highest BCUT2D eigenvalue weighted by Crippen LogP contribution is 1.92. The van der Waals surface area contributed by atoms with Gasteiger partial charge in [-0.3, -0.25) is 0 Å². The highest BCUT2D eigenvalue weighted by Gasteiger charge is 2.19. The summed E-state index contributed by atoms with van der Waals surface area (Å²) < 4.78 is 5.19. The normalized spacial score (nSPS) is 13.8. The molecule has 1 unspecified atom stereocenters. The number of nitrogens with one attached hydrogen (secondary N) is 2. The van der Waals surface area contributed by atoms with Crippen molar-refractivity contribution in [3.63, 3.8) is 0 Å². The molecule has 17 heavy (non-hydrogen) atoms. The topological polar surface area (TPSA) is 108 Å². The monoisotopic (exact) mass is 248 g/mol. The average Bonchev–Trinajstić information content (AvgIpc) is 2.26. The van der Waals surface area contributed by atoms with Crippen LogP contribution in [-0.4, -0.2) is 54.1 Å². The Labute approximate surface area is 100 Å². The van der Waals surface area contributed by atoms with Gasteiger partial charge in [0.05, 0.1) is 6.10 Å². The van der Waals surface area contributed by atoms with Gasteiger partial charge in [0.25, 0.3) is 0 Å². The molecule has 0 saturated carbocycles. The molecule has 0 aromatic heterocycles. The summed E-state index contributed by atoms with van der Waals surface area (Å²) in [6.45, 7) is 4.19. The summed E-state index contributed by atoms with van der Waals surface area (Å²) >= 11 is 0. The molecule has 7 nitrogen and oxygen atoms in total. The van der Waals surface area contributed by atoms with Crippen LogP contribution in [-0.2, 0) is 9.53 Å². The molecule has 0 heterocycles. The molecule has 0 spiro atoms. The number of rotatable bonds is 8. The lowest BCUT2D eigenvalue weighted by atomic mass is 10.2. The number of hydrogen-bond acceptors (Lipinski definition) is 4. The van der Waals surface area contributed by atoms with Crippen LogP contribution in [0.1, 0.15) is 20.3 Å². The zero-order valence-corrected chi connectivity index (χ0v) is 10.1. The molecular formula is C10H20N2O5. The molecule has 4 N–H and O–H groups in total. The van der Waals surface area contributed by atoms with Crippen LogP contribution in [0.5, 0.6) is 0 Å². The number of aliphatic hydroxyl groups is 1. The molecule has 0 aliphatic carbocycles. The number of aliphatic carboxylic acids is 1. The number of carbonyl (C=O) groups excluding carboxylic acids is 1. The number of carbonyl (C=O) groups is 2. The summed E-state index contributed by atoms with van der Waals surface area (Å²) in [4.78, 5) is 22.0. The molecule has 0 aliphatic heterocycles. The number of hydrogen-bond donors (Lipinski definition) is 4. The van der Waals surface area contributed by atoms with Gasteiger partial charge in [-0.15, -0.1) is 0 Å². The van der Waals surface area contributed by atoms with E-state index in [-0.39, 0.29) is 19.1 Å². The third-order valence-corrected chi connectivity index (χ3v) is 2.02. The zero-order chi connectivity index (χ0) is 13.3. The van der Waals surface area contributed by atoms with Crippen LogP contribution in [0.4, 0.5) is 4.79 Å². The SMILES string of the molecule is CCOC(C)CNC(=O)N[C@H](CCO)C(=O)O. The van der Waals surface area contributed by atoms with E-state index in [1.165, 1.54) is 0 Å². The molecule has 0 aliphatic rings. The standard InChI is InChI=1S/C10H20N2O5/c1-3-17-7(2)6-11-10(16)12-8(4-5-13)9(14)15/h7-8,13H,3-6H2,1-2H3,(H,14,15)(H2,11,12,16)/t7?,8-/m1/s1. The summed E-state index contributed by atoms with van der Waals surface area (Å²) in [5.41, 5.74) is 0. The molecule has 0 rings (SSSR count). The fourth-order valence-electron chi connectivity index (χ4n) is 1.18. The number of aliphatic hydroxyl groups excluding tert-OH is 1. The Balaban J connectivity index is 3.93. The van der Waals surface area contributed by atoms with Gasteiger partial charge in [-0.25, -0.2) is 9.59 Å². The Morgan fingerprint density at radius 2 is 2.06 bits per heavy atom. The van der Waals surface area contributed by atoms with Gasteiger partial charge >= 0.3 is 12.0 Å². The first-order valence-corrected chi connectivity index (χ1v) is 5.50. The second-order valence-electron chi connectivity index (χ2n) is 3.52. The molecule has 7 heteroatoms. The molecule has 0 aromatic carbocycles. The number of carboxylic acid groups (broad SMARTS) is 1. The van der Waals surface area contributed by atoms with Crippen molar-refractivity contribution < 1.29 is 24.5 Å². The van der Waals surface area contributed by atoms with Crippen molar-refractivity contribution in [3.8, 4) is 0 Å². The van der Waals surface area contributed by atoms with E-state index in [1.807, 2.05) is 6.92 Å². The largest absolute Gasteiger partial charge is 0.480 e. The summed E-state index contributed by atoms with van der Waals surface area (Å²) in [6, 6.07) is -1.67. The van der Waals surface area contributed by atoms with Gasteiger partial charge in [-0.1, -0.05) is 0 Å². The van der Waals surface area contributed by atoms with Crippen LogP contribution >= 0.6 is 0 Å². The van der Waals surface area contributed by atoms with Crippen molar-refractivity contribution in [3.05, 3.63) is 0 Å². The van der Waals surface area contributed by atoms with Gasteiger partial charge in [0, 0.05) is 26.2 Å². The van der Waals surface area contributed by atoms with E-state index in [0.717, 1.165) is 0 Å². The smallest absolute Gasteiger partial charge is 0.326 e. The fraction of sp³-hybridized carbons (Fsp3) is 0.800. The Hall–Kier alpha value is -1.34. The highest BCUT2D eigenvalue weighted by atomic mass is 16.5. The Kier molecular flexibility index (Phi) is 8.08. The summed E-state index contributed by atoms with van der Waals surface area (Å²) in [7, 11) is 0. The first-order chi connectivity index (χ1) is 8.01. The molecule has 2 amide bonds. The molecule has 100 valence electrons. The number of ether oxygens (including phenoxy) is 1. The second kappa shape index (κ2) is 8.77. The Morgan fingerprint density at radius 3 is 2.53 bits per heavy atom. The van der Waals surface area contributed by atoms with Crippen molar-refractivity contribution in [1.82, 2.24) is 10.6 Å². The van der Waals surface area contributed by atoms with Crippen molar-refractivity contribution in [1.29, 1.82) is 0 Å². The highest BCUT2D eigenvalue weighted by molar-refractivity contribution is 5.82. The minimum absolute atomic E-state index is 0.0240. The predicted octanol–water partition coefficient (Wildman–Crippen LogP) is -0.454. The molecule has 0 bridgehead atoms. The zero-order valence-electron chi connectivity index (χ0n) is 10.1. The van der Waals surface area contributed by atoms with Crippen LogP contribution in [0.25, 0.3) is 0 Å². The number of carboxylic acids is 1. The van der Waals surface area contributed by atoms with Crippen molar-refractivity contribution in [2.45, 2.75) is 32.4 Å². The molecule has 0 aromatic rings. The number of urea groups is 1. The maximum atomic E-state index is 11.3. The fourth-order valence-corrected chi connectivity index (χ4v) is 1.18. The van der Waals surface area contributed by atoms with Gasteiger partial charge in [0.1, 0.15) is 6.04 Å². The van der Waals surface area contributed by atoms with E-state index in [0.29, 0.717) is 13.2 Å². The molecule has 2 atom stereocenters. The van der Waals surface area contributed by atoms with Gasteiger partial charge in [0.2, 0.25) is 0 Å². The van der Waals surface area contributed by atoms with Crippen LogP contribution in [0.15, 0.2) is 0 Å². The second-order valence-corrected chi connectivity index (χ2v) is 3.52. The van der Waals surface area contributed by atoms with Gasteiger partial charge in [0.15, 0.2) is 0 Å².